The predicted molar refractivity (Wildman–Crippen MR) is 85.1 cm³/mol. The maximum Gasteiger partial charge on any atom is 0.341 e. The predicted octanol–water partition coefficient (Wildman–Crippen LogP) is 4.00. The smallest absolute Gasteiger partial charge is 0.341 e. The Labute approximate surface area is 127 Å². The summed E-state index contributed by atoms with van der Waals surface area (Å²) in [4.78, 5) is 17.5. The number of benzene rings is 1. The summed E-state index contributed by atoms with van der Waals surface area (Å²) in [6.45, 7) is 5.99. The molecule has 4 nitrogen and oxygen atoms in total. The van der Waals surface area contributed by atoms with E-state index in [1.165, 1.54) is 11.3 Å². The Morgan fingerprint density at radius 1 is 1.33 bits per heavy atom. The van der Waals surface area contributed by atoms with Gasteiger partial charge in [-0.25, -0.2) is 9.79 Å². The lowest BCUT2D eigenvalue weighted by molar-refractivity contribution is 0.0527. The first-order valence-electron chi connectivity index (χ1n) is 6.63. The molecule has 0 unspecified atom stereocenters. The fourth-order valence-corrected chi connectivity index (χ4v) is 2.83. The van der Waals surface area contributed by atoms with Crippen LogP contribution in [0.1, 0.15) is 33.3 Å². The van der Waals surface area contributed by atoms with Gasteiger partial charge in [0.25, 0.3) is 0 Å². The van der Waals surface area contributed by atoms with Crippen LogP contribution in [-0.4, -0.2) is 23.9 Å². The third-order valence-electron chi connectivity index (χ3n) is 3.07. The molecule has 2 rings (SSSR count). The molecule has 0 aliphatic carbocycles. The van der Waals surface area contributed by atoms with Gasteiger partial charge in [-0.1, -0.05) is 0 Å². The number of phenolic OH excluding ortho intramolecular Hbond substituents is 1. The van der Waals surface area contributed by atoms with Crippen molar-refractivity contribution < 1.29 is 14.6 Å². The van der Waals surface area contributed by atoms with Crippen LogP contribution in [-0.2, 0) is 4.74 Å². The number of ether oxygens (including phenoxy) is 1. The van der Waals surface area contributed by atoms with Gasteiger partial charge in [0.1, 0.15) is 10.8 Å². The van der Waals surface area contributed by atoms with Crippen LogP contribution in [0.4, 0.5) is 5.00 Å². The molecule has 0 aliphatic rings. The SMILES string of the molecule is CCOC(=O)c1c(N=Cc2ccc(O)cc2)sc(C)c1C. The third-order valence-corrected chi connectivity index (χ3v) is 4.19. The first-order valence-corrected chi connectivity index (χ1v) is 7.44. The number of hydrogen-bond donors (Lipinski definition) is 1. The van der Waals surface area contributed by atoms with E-state index in [4.69, 9.17) is 4.74 Å². The van der Waals surface area contributed by atoms with Crippen molar-refractivity contribution in [3.8, 4) is 5.75 Å². The molecule has 0 spiro atoms. The summed E-state index contributed by atoms with van der Waals surface area (Å²) in [6, 6.07) is 6.71. The number of nitrogens with zero attached hydrogens (tertiary/aromatic N) is 1. The zero-order valence-corrected chi connectivity index (χ0v) is 13.0. The van der Waals surface area contributed by atoms with Crippen LogP contribution in [0, 0.1) is 13.8 Å². The number of thiophene rings is 1. The second-order valence-corrected chi connectivity index (χ2v) is 5.74. The number of carbonyl (C=O) groups is 1. The summed E-state index contributed by atoms with van der Waals surface area (Å²) in [5.41, 5.74) is 2.30. The summed E-state index contributed by atoms with van der Waals surface area (Å²) in [5.74, 6) is -0.126. The summed E-state index contributed by atoms with van der Waals surface area (Å²) < 4.78 is 5.09. The first-order chi connectivity index (χ1) is 10.0. The van der Waals surface area contributed by atoms with Crippen molar-refractivity contribution in [1.82, 2.24) is 0 Å². The van der Waals surface area contributed by atoms with Crippen molar-refractivity contribution in [1.29, 1.82) is 0 Å². The van der Waals surface area contributed by atoms with Crippen molar-refractivity contribution in [2.45, 2.75) is 20.8 Å². The van der Waals surface area contributed by atoms with Gasteiger partial charge in [0, 0.05) is 11.1 Å². The number of esters is 1. The van der Waals surface area contributed by atoms with E-state index in [2.05, 4.69) is 4.99 Å². The molecule has 21 heavy (non-hydrogen) atoms. The number of aromatic hydroxyl groups is 1. The molecule has 0 bridgehead atoms. The van der Waals surface area contributed by atoms with E-state index in [1.54, 1.807) is 37.4 Å². The zero-order chi connectivity index (χ0) is 15.4. The van der Waals surface area contributed by atoms with Gasteiger partial charge in [0.05, 0.1) is 12.2 Å². The average molecular weight is 303 g/mol. The standard InChI is InChI=1S/C16H17NO3S/c1-4-20-16(19)14-10(2)11(3)21-15(14)17-9-12-5-7-13(18)8-6-12/h5-9,18H,4H2,1-3H3. The highest BCUT2D eigenvalue weighted by atomic mass is 32.1. The fraction of sp³-hybridized carbons (Fsp3) is 0.250. The second-order valence-electron chi connectivity index (χ2n) is 4.53. The van der Waals surface area contributed by atoms with Crippen LogP contribution in [0.3, 0.4) is 0 Å². The Kier molecular flexibility index (Phi) is 4.75. The molecule has 1 N–H and O–H groups in total. The Balaban J connectivity index is 2.33. The van der Waals surface area contributed by atoms with Crippen molar-refractivity contribution in [2.24, 2.45) is 4.99 Å². The number of aryl methyl sites for hydroxylation is 1. The highest BCUT2D eigenvalue weighted by molar-refractivity contribution is 7.16. The minimum atomic E-state index is -0.336. The number of aliphatic imine (C=N–C) groups is 1. The van der Waals surface area contributed by atoms with Crippen LogP contribution >= 0.6 is 11.3 Å². The summed E-state index contributed by atoms with van der Waals surface area (Å²) >= 11 is 1.47. The van der Waals surface area contributed by atoms with Gasteiger partial charge in [0.15, 0.2) is 0 Å². The molecule has 0 amide bonds. The van der Waals surface area contributed by atoms with Crippen LogP contribution < -0.4 is 0 Å². The Hall–Kier alpha value is -2.14. The molecule has 0 atom stereocenters. The fourth-order valence-electron chi connectivity index (χ4n) is 1.84. The Bertz CT molecular complexity index is 672. The zero-order valence-electron chi connectivity index (χ0n) is 12.2. The molecule has 1 aromatic heterocycles. The Morgan fingerprint density at radius 2 is 2.00 bits per heavy atom. The largest absolute Gasteiger partial charge is 0.508 e. The molecule has 1 heterocycles. The van der Waals surface area contributed by atoms with E-state index in [0.29, 0.717) is 17.2 Å². The topological polar surface area (TPSA) is 58.9 Å². The van der Waals surface area contributed by atoms with Crippen molar-refractivity contribution in [2.75, 3.05) is 6.61 Å². The summed E-state index contributed by atoms with van der Waals surface area (Å²) in [5, 5.41) is 9.90. The number of carbonyl (C=O) groups excluding carboxylic acids is 1. The molecular formula is C16H17NO3S. The first kappa shape index (κ1) is 15.3. The maximum atomic E-state index is 12.0. The average Bonchev–Trinajstić information content (AvgIpc) is 2.74. The van der Waals surface area contributed by atoms with E-state index in [0.717, 1.165) is 16.0 Å². The van der Waals surface area contributed by atoms with E-state index in [1.807, 2.05) is 13.8 Å². The number of phenols is 1. The molecule has 1 aromatic carbocycles. The highest BCUT2D eigenvalue weighted by Crippen LogP contribution is 2.35. The minimum absolute atomic E-state index is 0.210. The molecule has 0 aliphatic heterocycles. The molecule has 0 saturated carbocycles. The summed E-state index contributed by atoms with van der Waals surface area (Å²) in [6.07, 6.45) is 1.67. The van der Waals surface area contributed by atoms with Gasteiger partial charge in [-0.2, -0.15) is 0 Å². The lowest BCUT2D eigenvalue weighted by atomic mass is 10.1. The van der Waals surface area contributed by atoms with E-state index in [-0.39, 0.29) is 11.7 Å². The van der Waals surface area contributed by atoms with Crippen LogP contribution in [0.2, 0.25) is 0 Å². The van der Waals surface area contributed by atoms with Crippen molar-refractivity contribution in [3.05, 3.63) is 45.8 Å². The normalized spacial score (nSPS) is 11.0. The molecule has 5 heteroatoms. The molecule has 110 valence electrons. The monoisotopic (exact) mass is 303 g/mol. The van der Waals surface area contributed by atoms with E-state index in [9.17, 15) is 9.90 Å². The Morgan fingerprint density at radius 3 is 2.62 bits per heavy atom. The van der Waals surface area contributed by atoms with Gasteiger partial charge in [-0.05, 0) is 56.2 Å². The summed E-state index contributed by atoms with van der Waals surface area (Å²) in [7, 11) is 0. The van der Waals surface area contributed by atoms with Gasteiger partial charge in [-0.15, -0.1) is 11.3 Å². The second kappa shape index (κ2) is 6.54. The molecule has 0 fully saturated rings. The van der Waals surface area contributed by atoms with Crippen molar-refractivity contribution >= 4 is 28.5 Å². The minimum Gasteiger partial charge on any atom is -0.508 e. The maximum absolute atomic E-state index is 12.0. The van der Waals surface area contributed by atoms with Crippen LogP contribution in [0.25, 0.3) is 0 Å². The highest BCUT2D eigenvalue weighted by Gasteiger charge is 2.19. The van der Waals surface area contributed by atoms with Gasteiger partial charge < -0.3 is 9.84 Å². The van der Waals surface area contributed by atoms with E-state index < -0.39 is 0 Å². The lowest BCUT2D eigenvalue weighted by Crippen LogP contribution is -2.05. The molecule has 0 radical (unpaired) electrons. The van der Waals surface area contributed by atoms with Gasteiger partial charge in [-0.3, -0.25) is 0 Å². The van der Waals surface area contributed by atoms with Crippen molar-refractivity contribution in [3.63, 3.8) is 0 Å². The number of hydrogen-bond acceptors (Lipinski definition) is 5. The molecule has 0 saturated heterocycles. The number of rotatable bonds is 4. The quantitative estimate of drug-likeness (QED) is 0.686. The van der Waals surface area contributed by atoms with Crippen LogP contribution in [0.15, 0.2) is 29.3 Å². The van der Waals surface area contributed by atoms with Gasteiger partial charge in [0.2, 0.25) is 0 Å². The van der Waals surface area contributed by atoms with E-state index >= 15 is 0 Å². The molecular weight excluding hydrogens is 286 g/mol. The lowest BCUT2D eigenvalue weighted by Gasteiger charge is -2.02. The van der Waals surface area contributed by atoms with Crippen LogP contribution in [0.5, 0.6) is 5.75 Å². The third kappa shape index (κ3) is 3.49. The van der Waals surface area contributed by atoms with Gasteiger partial charge >= 0.3 is 5.97 Å². The molecule has 2 aromatic rings.